The quantitative estimate of drug-likeness (QED) is 0.790. The summed E-state index contributed by atoms with van der Waals surface area (Å²) in [5, 5.41) is 2.62. The van der Waals surface area contributed by atoms with Crippen molar-refractivity contribution < 1.29 is 23.8 Å². The molecule has 0 bridgehead atoms. The van der Waals surface area contributed by atoms with E-state index in [0.29, 0.717) is 17.2 Å². The van der Waals surface area contributed by atoms with Crippen molar-refractivity contribution in [2.75, 3.05) is 25.6 Å². The first-order chi connectivity index (χ1) is 11.6. The largest absolute Gasteiger partial charge is 0.495 e. The van der Waals surface area contributed by atoms with Gasteiger partial charge in [0.25, 0.3) is 5.91 Å². The van der Waals surface area contributed by atoms with E-state index >= 15 is 0 Å². The number of esters is 1. The highest BCUT2D eigenvalue weighted by molar-refractivity contribution is 5.94. The molecule has 0 heterocycles. The van der Waals surface area contributed by atoms with Gasteiger partial charge in [0.05, 0.1) is 12.8 Å². The van der Waals surface area contributed by atoms with Gasteiger partial charge in [-0.05, 0) is 36.8 Å². The third-order valence-electron chi connectivity index (χ3n) is 3.09. The number of para-hydroxylation sites is 2. The van der Waals surface area contributed by atoms with E-state index in [1.165, 1.54) is 7.11 Å². The molecule has 0 unspecified atom stereocenters. The first kappa shape index (κ1) is 17.3. The van der Waals surface area contributed by atoms with Gasteiger partial charge in [0.15, 0.2) is 13.2 Å². The summed E-state index contributed by atoms with van der Waals surface area (Å²) in [6, 6.07) is 14.3. The van der Waals surface area contributed by atoms with Crippen LogP contribution in [0.2, 0.25) is 0 Å². The Kier molecular flexibility index (Phi) is 6.19. The summed E-state index contributed by atoms with van der Waals surface area (Å²) in [7, 11) is 1.51. The third-order valence-corrected chi connectivity index (χ3v) is 3.09. The molecular formula is C18H19NO5. The number of nitrogens with one attached hydrogen (secondary N) is 1. The molecule has 0 saturated heterocycles. The lowest BCUT2D eigenvalue weighted by atomic mass is 10.2. The van der Waals surface area contributed by atoms with Crippen molar-refractivity contribution in [3.05, 3.63) is 54.1 Å². The van der Waals surface area contributed by atoms with E-state index < -0.39 is 18.5 Å². The molecule has 0 atom stereocenters. The number of carbonyl (C=O) groups excluding carboxylic acids is 2. The molecule has 6 nitrogen and oxygen atoms in total. The number of amides is 1. The average Bonchev–Trinajstić information content (AvgIpc) is 2.58. The first-order valence-electron chi connectivity index (χ1n) is 7.36. The van der Waals surface area contributed by atoms with Gasteiger partial charge < -0.3 is 19.5 Å². The van der Waals surface area contributed by atoms with Crippen LogP contribution in [0.4, 0.5) is 5.69 Å². The predicted octanol–water partition coefficient (Wildman–Crippen LogP) is 2.56. The molecule has 1 amide bonds. The van der Waals surface area contributed by atoms with Crippen LogP contribution >= 0.6 is 0 Å². The summed E-state index contributed by atoms with van der Waals surface area (Å²) in [5.41, 5.74) is 1.54. The van der Waals surface area contributed by atoms with Crippen LogP contribution in [0.15, 0.2) is 48.5 Å². The average molecular weight is 329 g/mol. The molecule has 24 heavy (non-hydrogen) atoms. The second kappa shape index (κ2) is 8.57. The van der Waals surface area contributed by atoms with Gasteiger partial charge in [0, 0.05) is 0 Å². The molecule has 126 valence electrons. The number of hydrogen-bond acceptors (Lipinski definition) is 5. The lowest BCUT2D eigenvalue weighted by molar-refractivity contribution is -0.149. The summed E-state index contributed by atoms with van der Waals surface area (Å²) in [4.78, 5) is 23.4. The number of carbonyl (C=O) groups is 2. The molecule has 2 aromatic rings. The van der Waals surface area contributed by atoms with Crippen molar-refractivity contribution in [1.82, 2.24) is 0 Å². The predicted molar refractivity (Wildman–Crippen MR) is 89.3 cm³/mol. The summed E-state index contributed by atoms with van der Waals surface area (Å²) < 4.78 is 15.3. The summed E-state index contributed by atoms with van der Waals surface area (Å²) >= 11 is 0. The van der Waals surface area contributed by atoms with Crippen LogP contribution in [-0.2, 0) is 14.3 Å². The lowest BCUT2D eigenvalue weighted by Gasteiger charge is -2.10. The maximum atomic E-state index is 11.8. The molecule has 1 N–H and O–H groups in total. The third kappa shape index (κ3) is 5.31. The van der Waals surface area contributed by atoms with Crippen LogP contribution in [0, 0.1) is 6.92 Å². The molecule has 0 aromatic heterocycles. The monoisotopic (exact) mass is 329 g/mol. The van der Waals surface area contributed by atoms with E-state index in [2.05, 4.69) is 5.32 Å². The van der Waals surface area contributed by atoms with Gasteiger partial charge >= 0.3 is 5.97 Å². The zero-order valence-corrected chi connectivity index (χ0v) is 13.6. The van der Waals surface area contributed by atoms with Crippen molar-refractivity contribution in [3.63, 3.8) is 0 Å². The minimum absolute atomic E-state index is 0.259. The minimum atomic E-state index is -0.619. The molecular weight excluding hydrogens is 310 g/mol. The number of hydrogen-bond donors (Lipinski definition) is 1. The standard InChI is InChI=1S/C18H19NO5/c1-13-6-5-7-14(10-13)23-12-18(21)24-11-17(20)19-15-8-3-4-9-16(15)22-2/h3-10H,11-12H2,1-2H3,(H,19,20). The van der Waals surface area contributed by atoms with Gasteiger partial charge in [0.2, 0.25) is 0 Å². The van der Waals surface area contributed by atoms with E-state index in [1.54, 1.807) is 30.3 Å². The Hall–Kier alpha value is -3.02. The van der Waals surface area contributed by atoms with E-state index in [0.717, 1.165) is 5.56 Å². The Bertz CT molecular complexity index is 714. The van der Waals surface area contributed by atoms with Crippen molar-refractivity contribution in [2.24, 2.45) is 0 Å². The van der Waals surface area contributed by atoms with Crippen LogP contribution in [0.1, 0.15) is 5.56 Å². The van der Waals surface area contributed by atoms with Gasteiger partial charge in [0.1, 0.15) is 11.5 Å². The zero-order valence-electron chi connectivity index (χ0n) is 13.6. The maximum Gasteiger partial charge on any atom is 0.344 e. The Morgan fingerprint density at radius 1 is 1.04 bits per heavy atom. The van der Waals surface area contributed by atoms with E-state index in [4.69, 9.17) is 14.2 Å². The Balaban J connectivity index is 1.76. The fraction of sp³-hybridized carbons (Fsp3) is 0.222. The Labute approximate surface area is 140 Å². The van der Waals surface area contributed by atoms with Gasteiger partial charge in [-0.15, -0.1) is 0 Å². The van der Waals surface area contributed by atoms with Crippen LogP contribution in [0.3, 0.4) is 0 Å². The van der Waals surface area contributed by atoms with Crippen molar-refractivity contribution in [1.29, 1.82) is 0 Å². The maximum absolute atomic E-state index is 11.8. The molecule has 0 fully saturated rings. The van der Waals surface area contributed by atoms with Crippen LogP contribution < -0.4 is 14.8 Å². The van der Waals surface area contributed by atoms with Crippen LogP contribution in [0.25, 0.3) is 0 Å². The van der Waals surface area contributed by atoms with Crippen LogP contribution in [0.5, 0.6) is 11.5 Å². The highest BCUT2D eigenvalue weighted by Crippen LogP contribution is 2.22. The first-order valence-corrected chi connectivity index (χ1v) is 7.36. The van der Waals surface area contributed by atoms with E-state index in [9.17, 15) is 9.59 Å². The zero-order chi connectivity index (χ0) is 17.4. The van der Waals surface area contributed by atoms with Crippen molar-refractivity contribution in [2.45, 2.75) is 6.92 Å². The van der Waals surface area contributed by atoms with E-state index in [1.807, 2.05) is 25.1 Å². The van der Waals surface area contributed by atoms with Gasteiger partial charge in [-0.3, -0.25) is 4.79 Å². The molecule has 0 aliphatic heterocycles. The molecule has 0 aliphatic rings. The molecule has 2 rings (SSSR count). The molecule has 0 radical (unpaired) electrons. The SMILES string of the molecule is COc1ccccc1NC(=O)COC(=O)COc1cccc(C)c1. The highest BCUT2D eigenvalue weighted by Gasteiger charge is 2.10. The lowest BCUT2D eigenvalue weighted by Crippen LogP contribution is -2.23. The molecule has 2 aromatic carbocycles. The van der Waals surface area contributed by atoms with E-state index in [-0.39, 0.29) is 6.61 Å². The second-order valence-electron chi connectivity index (χ2n) is 5.01. The molecule has 0 aliphatic carbocycles. The number of ether oxygens (including phenoxy) is 3. The topological polar surface area (TPSA) is 73.9 Å². The Morgan fingerprint density at radius 2 is 1.83 bits per heavy atom. The second-order valence-corrected chi connectivity index (χ2v) is 5.01. The number of methoxy groups -OCH3 is 1. The van der Waals surface area contributed by atoms with Gasteiger partial charge in [-0.25, -0.2) is 4.79 Å². The fourth-order valence-electron chi connectivity index (χ4n) is 1.97. The number of anilines is 1. The molecule has 6 heteroatoms. The van der Waals surface area contributed by atoms with Gasteiger partial charge in [-0.2, -0.15) is 0 Å². The van der Waals surface area contributed by atoms with Crippen molar-refractivity contribution in [3.8, 4) is 11.5 Å². The fourth-order valence-corrected chi connectivity index (χ4v) is 1.97. The number of rotatable bonds is 7. The molecule has 0 spiro atoms. The van der Waals surface area contributed by atoms with Gasteiger partial charge in [-0.1, -0.05) is 24.3 Å². The van der Waals surface area contributed by atoms with Crippen LogP contribution in [-0.4, -0.2) is 32.2 Å². The summed E-state index contributed by atoms with van der Waals surface area (Å²) in [6.45, 7) is 1.27. The molecule has 0 saturated carbocycles. The Morgan fingerprint density at radius 3 is 2.58 bits per heavy atom. The smallest absolute Gasteiger partial charge is 0.344 e. The number of benzene rings is 2. The summed E-state index contributed by atoms with van der Waals surface area (Å²) in [5.74, 6) is 0.0282. The summed E-state index contributed by atoms with van der Waals surface area (Å²) in [6.07, 6.45) is 0. The minimum Gasteiger partial charge on any atom is -0.495 e. The normalized spacial score (nSPS) is 9.92. The van der Waals surface area contributed by atoms with Crippen molar-refractivity contribution >= 4 is 17.6 Å². The highest BCUT2D eigenvalue weighted by atomic mass is 16.6. The number of aryl methyl sites for hydroxylation is 1.